The van der Waals surface area contributed by atoms with E-state index in [0.29, 0.717) is 11.3 Å². The number of nitrogens with zero attached hydrogens (tertiary/aromatic N) is 4. The Balaban J connectivity index is 1.70. The molecule has 1 aromatic carbocycles. The van der Waals surface area contributed by atoms with Crippen LogP contribution in [0.25, 0.3) is 11.0 Å². The molecule has 3 rings (SSSR count). The maximum atomic E-state index is 12.1. The molecule has 0 bridgehead atoms. The SMILES string of the molecule is O=C(CSc1nc2c(cnn2CCO)c(=O)[nH]1)Nc1cccc([N+](=O)[O-])c1. The smallest absolute Gasteiger partial charge is 0.271 e. The molecule has 12 heteroatoms. The summed E-state index contributed by atoms with van der Waals surface area (Å²) in [5.74, 6) is -0.474. The fourth-order valence-corrected chi connectivity index (χ4v) is 2.96. The Labute approximate surface area is 155 Å². The minimum absolute atomic E-state index is 0.0642. The molecule has 0 aliphatic carbocycles. The van der Waals surface area contributed by atoms with E-state index in [0.717, 1.165) is 11.8 Å². The number of aromatic amines is 1. The van der Waals surface area contributed by atoms with E-state index in [4.69, 9.17) is 5.11 Å². The molecule has 1 amide bonds. The lowest BCUT2D eigenvalue weighted by Gasteiger charge is -2.05. The molecule has 3 aromatic rings. The highest BCUT2D eigenvalue weighted by molar-refractivity contribution is 7.99. The molecule has 2 heterocycles. The lowest BCUT2D eigenvalue weighted by molar-refractivity contribution is -0.384. The van der Waals surface area contributed by atoms with E-state index < -0.39 is 16.4 Å². The molecule has 0 radical (unpaired) electrons. The Morgan fingerprint density at radius 1 is 1.44 bits per heavy atom. The van der Waals surface area contributed by atoms with Crippen molar-refractivity contribution in [1.82, 2.24) is 19.7 Å². The standard InChI is InChI=1S/C15H14N6O5S/c22-5-4-20-13-11(7-16-20)14(24)19-15(18-13)27-8-12(23)17-9-2-1-3-10(6-9)21(25)26/h1-3,6-7,22H,4-5,8H2,(H,17,23)(H,18,19,24). The molecule has 2 aromatic heterocycles. The van der Waals surface area contributed by atoms with Crippen LogP contribution in [0.4, 0.5) is 11.4 Å². The lowest BCUT2D eigenvalue weighted by atomic mass is 10.3. The quantitative estimate of drug-likeness (QED) is 0.231. The van der Waals surface area contributed by atoms with E-state index in [2.05, 4.69) is 20.4 Å². The molecule has 0 fully saturated rings. The van der Waals surface area contributed by atoms with Crippen molar-refractivity contribution in [3.8, 4) is 0 Å². The monoisotopic (exact) mass is 390 g/mol. The lowest BCUT2D eigenvalue weighted by Crippen LogP contribution is -2.16. The minimum atomic E-state index is -0.552. The molecule has 0 unspecified atom stereocenters. The molecular weight excluding hydrogens is 376 g/mol. The molecule has 3 N–H and O–H groups in total. The number of aromatic nitrogens is 4. The topological polar surface area (TPSA) is 156 Å². The highest BCUT2D eigenvalue weighted by Gasteiger charge is 2.12. The van der Waals surface area contributed by atoms with Gasteiger partial charge in [-0.25, -0.2) is 9.67 Å². The second-order valence-corrected chi connectivity index (χ2v) is 6.31. The molecule has 27 heavy (non-hydrogen) atoms. The number of carbonyl (C=O) groups excluding carboxylic acids is 1. The Morgan fingerprint density at radius 2 is 2.26 bits per heavy atom. The molecule has 0 atom stereocenters. The van der Waals surface area contributed by atoms with Crippen LogP contribution in [0.2, 0.25) is 0 Å². The summed E-state index contributed by atoms with van der Waals surface area (Å²) in [6.07, 6.45) is 1.36. The number of anilines is 1. The van der Waals surface area contributed by atoms with Gasteiger partial charge in [-0.15, -0.1) is 0 Å². The summed E-state index contributed by atoms with van der Waals surface area (Å²) in [7, 11) is 0. The van der Waals surface area contributed by atoms with Crippen LogP contribution in [-0.4, -0.2) is 48.0 Å². The van der Waals surface area contributed by atoms with Crippen molar-refractivity contribution >= 4 is 40.1 Å². The van der Waals surface area contributed by atoms with Gasteiger partial charge >= 0.3 is 0 Å². The van der Waals surface area contributed by atoms with Crippen LogP contribution in [0.5, 0.6) is 0 Å². The third-order valence-electron chi connectivity index (χ3n) is 3.48. The van der Waals surface area contributed by atoms with E-state index in [1.807, 2.05) is 0 Å². The number of rotatable bonds is 7. The van der Waals surface area contributed by atoms with Crippen LogP contribution in [0.1, 0.15) is 0 Å². The minimum Gasteiger partial charge on any atom is -0.394 e. The maximum Gasteiger partial charge on any atom is 0.271 e. The first-order chi connectivity index (χ1) is 13.0. The highest BCUT2D eigenvalue weighted by atomic mass is 32.2. The molecule has 0 aliphatic heterocycles. The third kappa shape index (κ3) is 4.30. The second-order valence-electron chi connectivity index (χ2n) is 5.34. The number of thioether (sulfide) groups is 1. The Hall–Kier alpha value is -3.25. The number of fused-ring (bicyclic) bond motifs is 1. The van der Waals surface area contributed by atoms with Crippen molar-refractivity contribution < 1.29 is 14.8 Å². The predicted octanol–water partition coefficient (Wildman–Crippen LogP) is 0.751. The van der Waals surface area contributed by atoms with Crippen LogP contribution in [0, 0.1) is 10.1 Å². The van der Waals surface area contributed by atoms with Crippen molar-refractivity contribution in [2.45, 2.75) is 11.7 Å². The van der Waals surface area contributed by atoms with Crippen molar-refractivity contribution in [2.75, 3.05) is 17.7 Å². The van der Waals surface area contributed by atoms with Gasteiger partial charge in [-0.1, -0.05) is 17.8 Å². The average Bonchev–Trinajstić information content (AvgIpc) is 3.04. The average molecular weight is 390 g/mol. The van der Waals surface area contributed by atoms with Crippen LogP contribution in [0.3, 0.4) is 0 Å². The summed E-state index contributed by atoms with van der Waals surface area (Å²) >= 11 is 1.00. The van der Waals surface area contributed by atoms with Gasteiger partial charge in [-0.3, -0.25) is 19.7 Å². The number of aliphatic hydroxyl groups is 1. The first kappa shape index (κ1) is 18.5. The predicted molar refractivity (Wildman–Crippen MR) is 97.7 cm³/mol. The number of non-ortho nitro benzene ring substituents is 1. The number of nitrogens with one attached hydrogen (secondary N) is 2. The molecular formula is C15H14N6O5S. The summed E-state index contributed by atoms with van der Waals surface area (Å²) in [6.45, 7) is 0.0384. The number of hydrogen-bond donors (Lipinski definition) is 3. The zero-order chi connectivity index (χ0) is 19.4. The maximum absolute atomic E-state index is 12.1. The van der Waals surface area contributed by atoms with Crippen molar-refractivity contribution in [2.24, 2.45) is 0 Å². The summed E-state index contributed by atoms with van der Waals surface area (Å²) in [5, 5.41) is 26.8. The number of aliphatic hydroxyl groups excluding tert-OH is 1. The van der Waals surface area contributed by atoms with Gasteiger partial charge in [-0.05, 0) is 6.07 Å². The number of nitro groups is 1. The van der Waals surface area contributed by atoms with Gasteiger partial charge < -0.3 is 15.4 Å². The first-order valence-electron chi connectivity index (χ1n) is 7.71. The number of H-pyrrole nitrogens is 1. The van der Waals surface area contributed by atoms with Gasteiger partial charge in [0.1, 0.15) is 5.39 Å². The summed E-state index contributed by atoms with van der Waals surface area (Å²) < 4.78 is 1.40. The molecule has 140 valence electrons. The Morgan fingerprint density at radius 3 is 3.00 bits per heavy atom. The summed E-state index contributed by atoms with van der Waals surface area (Å²) in [4.78, 5) is 41.2. The van der Waals surface area contributed by atoms with Gasteiger partial charge in [0.15, 0.2) is 10.8 Å². The van der Waals surface area contributed by atoms with Crippen LogP contribution >= 0.6 is 11.8 Å². The summed E-state index contributed by atoms with van der Waals surface area (Å²) in [5.41, 5.74) is 0.0851. The van der Waals surface area contributed by atoms with Crippen molar-refractivity contribution in [1.29, 1.82) is 0 Å². The van der Waals surface area contributed by atoms with E-state index in [1.165, 1.54) is 35.1 Å². The van der Waals surface area contributed by atoms with Crippen molar-refractivity contribution in [3.63, 3.8) is 0 Å². The third-order valence-corrected chi connectivity index (χ3v) is 4.35. The van der Waals surface area contributed by atoms with E-state index in [9.17, 15) is 19.7 Å². The van der Waals surface area contributed by atoms with E-state index in [-0.39, 0.29) is 35.1 Å². The largest absolute Gasteiger partial charge is 0.394 e. The zero-order valence-corrected chi connectivity index (χ0v) is 14.6. The zero-order valence-electron chi connectivity index (χ0n) is 13.8. The van der Waals surface area contributed by atoms with Gasteiger partial charge in [-0.2, -0.15) is 5.10 Å². The highest BCUT2D eigenvalue weighted by Crippen LogP contribution is 2.19. The van der Waals surface area contributed by atoms with Gasteiger partial charge in [0.25, 0.3) is 11.2 Å². The molecule has 0 saturated carbocycles. The van der Waals surface area contributed by atoms with Crippen LogP contribution < -0.4 is 10.9 Å². The number of amides is 1. The number of carbonyl (C=O) groups is 1. The number of hydrogen-bond acceptors (Lipinski definition) is 8. The van der Waals surface area contributed by atoms with Gasteiger partial charge in [0, 0.05) is 17.8 Å². The van der Waals surface area contributed by atoms with Crippen LogP contribution in [-0.2, 0) is 11.3 Å². The van der Waals surface area contributed by atoms with Gasteiger partial charge in [0.2, 0.25) is 5.91 Å². The molecule has 0 aliphatic rings. The van der Waals surface area contributed by atoms with Crippen molar-refractivity contribution in [3.05, 3.63) is 50.9 Å². The van der Waals surface area contributed by atoms with E-state index in [1.54, 1.807) is 0 Å². The second kappa shape index (κ2) is 7.97. The fraction of sp³-hybridized carbons (Fsp3) is 0.200. The number of benzene rings is 1. The fourth-order valence-electron chi connectivity index (χ4n) is 2.30. The molecule has 0 spiro atoms. The Bertz CT molecular complexity index is 1060. The molecule has 0 saturated heterocycles. The van der Waals surface area contributed by atoms with Gasteiger partial charge in [0.05, 0.1) is 30.0 Å². The number of nitro benzene ring substituents is 1. The molecule has 11 nitrogen and oxygen atoms in total. The normalized spacial score (nSPS) is 10.9. The van der Waals surface area contributed by atoms with Crippen LogP contribution in [0.15, 0.2) is 40.4 Å². The first-order valence-corrected chi connectivity index (χ1v) is 8.70. The van der Waals surface area contributed by atoms with E-state index >= 15 is 0 Å². The summed E-state index contributed by atoms with van der Waals surface area (Å²) in [6, 6.07) is 5.58. The Kier molecular flexibility index (Phi) is 5.47.